The molecule has 2 aromatic rings. The van der Waals surface area contributed by atoms with Crippen LogP contribution in [0.1, 0.15) is 48.0 Å². The van der Waals surface area contributed by atoms with E-state index in [1.807, 2.05) is 12.1 Å². The van der Waals surface area contributed by atoms with Crippen LogP contribution in [0.25, 0.3) is 11.1 Å². The highest BCUT2D eigenvalue weighted by atomic mass is 16.2. The van der Waals surface area contributed by atoms with Crippen LogP contribution in [0, 0.1) is 6.92 Å². The molecule has 0 atom stereocenters. The normalized spacial score (nSPS) is 19.2. The van der Waals surface area contributed by atoms with Crippen molar-refractivity contribution >= 4 is 5.91 Å². The van der Waals surface area contributed by atoms with Crippen LogP contribution in [0.3, 0.4) is 0 Å². The maximum Gasteiger partial charge on any atom is 0.253 e. The van der Waals surface area contributed by atoms with Gasteiger partial charge in [0.05, 0.1) is 0 Å². The maximum absolute atomic E-state index is 13.2. The van der Waals surface area contributed by atoms with Gasteiger partial charge >= 0.3 is 0 Å². The van der Waals surface area contributed by atoms with Crippen molar-refractivity contribution in [1.29, 1.82) is 0 Å². The van der Waals surface area contributed by atoms with Crippen LogP contribution in [0.2, 0.25) is 0 Å². The minimum absolute atomic E-state index is 0.179. The minimum Gasteiger partial charge on any atom is -0.337 e. The summed E-state index contributed by atoms with van der Waals surface area (Å²) in [5, 5.41) is 0. The van der Waals surface area contributed by atoms with Gasteiger partial charge in [0.2, 0.25) is 0 Å². The van der Waals surface area contributed by atoms with E-state index in [4.69, 9.17) is 0 Å². The molecule has 1 aliphatic heterocycles. The van der Waals surface area contributed by atoms with Crippen molar-refractivity contribution in [2.24, 2.45) is 0 Å². The zero-order valence-electron chi connectivity index (χ0n) is 16.4. The molecule has 2 aliphatic rings. The molecule has 1 saturated heterocycles. The molecule has 2 aromatic carbocycles. The van der Waals surface area contributed by atoms with E-state index in [-0.39, 0.29) is 5.91 Å². The Kier molecular flexibility index (Phi) is 5.58. The number of benzene rings is 2. The molecule has 0 radical (unpaired) electrons. The average molecular weight is 363 g/mol. The number of hydrogen-bond acceptors (Lipinski definition) is 2. The van der Waals surface area contributed by atoms with Crippen LogP contribution in [0.5, 0.6) is 0 Å². The molecule has 1 amide bonds. The first-order chi connectivity index (χ1) is 13.2. The van der Waals surface area contributed by atoms with Gasteiger partial charge in [-0.2, -0.15) is 0 Å². The van der Waals surface area contributed by atoms with Crippen molar-refractivity contribution in [1.82, 2.24) is 9.80 Å². The molecule has 0 spiro atoms. The monoisotopic (exact) mass is 362 g/mol. The van der Waals surface area contributed by atoms with Crippen LogP contribution in [-0.2, 0) is 0 Å². The molecule has 1 saturated carbocycles. The second kappa shape index (κ2) is 8.26. The van der Waals surface area contributed by atoms with Gasteiger partial charge in [-0.25, -0.2) is 0 Å². The van der Waals surface area contributed by atoms with Gasteiger partial charge in [0.15, 0.2) is 0 Å². The molecular weight excluding hydrogens is 332 g/mol. The van der Waals surface area contributed by atoms with Gasteiger partial charge in [-0.05, 0) is 55.0 Å². The quantitative estimate of drug-likeness (QED) is 0.786. The van der Waals surface area contributed by atoms with Gasteiger partial charge in [-0.1, -0.05) is 49.2 Å². The average Bonchev–Trinajstić information content (AvgIpc) is 3.13. The first-order valence-electron chi connectivity index (χ1n) is 10.4. The van der Waals surface area contributed by atoms with Crippen LogP contribution in [0.4, 0.5) is 0 Å². The molecule has 1 heterocycles. The Bertz CT molecular complexity index is 794. The Balaban J connectivity index is 1.48. The van der Waals surface area contributed by atoms with Gasteiger partial charge in [-0.15, -0.1) is 0 Å². The predicted octanol–water partition coefficient (Wildman–Crippen LogP) is 4.75. The summed E-state index contributed by atoms with van der Waals surface area (Å²) in [6.07, 6.45) is 6.50. The Morgan fingerprint density at radius 1 is 0.889 bits per heavy atom. The molecule has 0 unspecified atom stereocenters. The molecule has 4 rings (SSSR count). The molecule has 0 aromatic heterocycles. The molecule has 3 nitrogen and oxygen atoms in total. The Morgan fingerprint density at radius 2 is 1.70 bits per heavy atom. The fourth-order valence-electron chi connectivity index (χ4n) is 4.67. The summed E-state index contributed by atoms with van der Waals surface area (Å²) >= 11 is 0. The summed E-state index contributed by atoms with van der Waals surface area (Å²) in [5.74, 6) is 0.179. The zero-order chi connectivity index (χ0) is 18.6. The standard InChI is InChI=1S/C24H30N2O/c1-19-8-2-5-13-23(19)20-9-6-10-21(18-20)24(27)26-15-7-14-25(16-17-26)22-11-3-4-12-22/h2,5-6,8-10,13,18,22H,3-4,7,11-12,14-17H2,1H3. The number of carbonyl (C=O) groups is 1. The lowest BCUT2D eigenvalue weighted by Gasteiger charge is -2.27. The molecule has 0 bridgehead atoms. The summed E-state index contributed by atoms with van der Waals surface area (Å²) in [5.41, 5.74) is 4.38. The largest absolute Gasteiger partial charge is 0.337 e. The van der Waals surface area contributed by atoms with Crippen molar-refractivity contribution < 1.29 is 4.79 Å². The first kappa shape index (κ1) is 18.2. The molecule has 142 valence electrons. The second-order valence-electron chi connectivity index (χ2n) is 8.02. The lowest BCUT2D eigenvalue weighted by Crippen LogP contribution is -2.38. The highest BCUT2D eigenvalue weighted by molar-refractivity contribution is 5.95. The fourth-order valence-corrected chi connectivity index (χ4v) is 4.67. The Morgan fingerprint density at radius 3 is 2.52 bits per heavy atom. The van der Waals surface area contributed by atoms with E-state index in [0.717, 1.165) is 49.8 Å². The van der Waals surface area contributed by atoms with Gasteiger partial charge in [0.25, 0.3) is 5.91 Å². The molecular formula is C24H30N2O. The number of hydrogen-bond donors (Lipinski definition) is 0. The van der Waals surface area contributed by atoms with E-state index in [9.17, 15) is 4.79 Å². The van der Waals surface area contributed by atoms with E-state index >= 15 is 0 Å². The highest BCUT2D eigenvalue weighted by Crippen LogP contribution is 2.26. The van der Waals surface area contributed by atoms with Crippen molar-refractivity contribution in [3.63, 3.8) is 0 Å². The smallest absolute Gasteiger partial charge is 0.253 e. The molecule has 2 fully saturated rings. The summed E-state index contributed by atoms with van der Waals surface area (Å²) in [6, 6.07) is 17.3. The van der Waals surface area contributed by atoms with Gasteiger partial charge < -0.3 is 4.90 Å². The van der Waals surface area contributed by atoms with E-state index in [1.54, 1.807) is 0 Å². The third kappa shape index (κ3) is 4.08. The van der Waals surface area contributed by atoms with Crippen LogP contribution in [0.15, 0.2) is 48.5 Å². The Labute approximate surface area is 163 Å². The minimum atomic E-state index is 0.179. The van der Waals surface area contributed by atoms with Crippen molar-refractivity contribution in [3.05, 3.63) is 59.7 Å². The second-order valence-corrected chi connectivity index (χ2v) is 8.02. The van der Waals surface area contributed by atoms with Crippen molar-refractivity contribution in [2.45, 2.75) is 45.1 Å². The molecule has 3 heteroatoms. The SMILES string of the molecule is Cc1ccccc1-c1cccc(C(=O)N2CCCN(C3CCCC3)CC2)c1. The lowest BCUT2D eigenvalue weighted by molar-refractivity contribution is 0.0758. The van der Waals surface area contributed by atoms with Crippen LogP contribution >= 0.6 is 0 Å². The molecule has 1 aliphatic carbocycles. The fraction of sp³-hybridized carbons (Fsp3) is 0.458. The number of nitrogens with zero attached hydrogens (tertiary/aromatic N) is 2. The van der Waals surface area contributed by atoms with Gasteiger partial charge in [0.1, 0.15) is 0 Å². The van der Waals surface area contributed by atoms with Crippen LogP contribution < -0.4 is 0 Å². The van der Waals surface area contributed by atoms with Crippen molar-refractivity contribution in [3.8, 4) is 11.1 Å². The maximum atomic E-state index is 13.2. The molecule has 27 heavy (non-hydrogen) atoms. The van der Waals surface area contributed by atoms with Gasteiger partial charge in [-0.3, -0.25) is 9.69 Å². The number of carbonyl (C=O) groups excluding carboxylic acids is 1. The number of aryl methyl sites for hydroxylation is 1. The number of amides is 1. The van der Waals surface area contributed by atoms with Gasteiger partial charge in [0, 0.05) is 37.8 Å². The lowest BCUT2D eigenvalue weighted by atomic mass is 9.98. The van der Waals surface area contributed by atoms with E-state index in [2.05, 4.69) is 53.1 Å². The van der Waals surface area contributed by atoms with E-state index in [1.165, 1.54) is 36.8 Å². The topological polar surface area (TPSA) is 23.6 Å². The third-order valence-corrected chi connectivity index (χ3v) is 6.22. The summed E-state index contributed by atoms with van der Waals surface area (Å²) in [7, 11) is 0. The van der Waals surface area contributed by atoms with Crippen molar-refractivity contribution in [2.75, 3.05) is 26.2 Å². The summed E-state index contributed by atoms with van der Waals surface area (Å²) in [4.78, 5) is 17.8. The highest BCUT2D eigenvalue weighted by Gasteiger charge is 2.26. The summed E-state index contributed by atoms with van der Waals surface area (Å²) < 4.78 is 0. The third-order valence-electron chi connectivity index (χ3n) is 6.22. The van der Waals surface area contributed by atoms with E-state index < -0.39 is 0 Å². The van der Waals surface area contributed by atoms with E-state index in [0.29, 0.717) is 0 Å². The zero-order valence-corrected chi connectivity index (χ0v) is 16.4. The Hall–Kier alpha value is -2.13. The predicted molar refractivity (Wildman–Crippen MR) is 111 cm³/mol. The summed E-state index contributed by atoms with van der Waals surface area (Å²) in [6.45, 7) is 6.00. The molecule has 0 N–H and O–H groups in total. The van der Waals surface area contributed by atoms with Crippen LogP contribution in [-0.4, -0.2) is 47.9 Å². The first-order valence-corrected chi connectivity index (χ1v) is 10.4. The number of rotatable bonds is 3.